The van der Waals surface area contributed by atoms with Crippen molar-refractivity contribution in [3.63, 3.8) is 0 Å². The molecule has 1 aliphatic heterocycles. The number of rotatable bonds is 52. The predicted molar refractivity (Wildman–Crippen MR) is 303 cm³/mol. The highest BCUT2D eigenvalue weighted by Gasteiger charge is 2.50. The Morgan fingerprint density at radius 2 is 0.840 bits per heavy atom. The van der Waals surface area contributed by atoms with E-state index in [-0.39, 0.29) is 25.9 Å². The highest BCUT2D eigenvalue weighted by Crippen LogP contribution is 2.27. The molecule has 1 rings (SSSR count). The van der Waals surface area contributed by atoms with Gasteiger partial charge < -0.3 is 39.0 Å². The van der Waals surface area contributed by atoms with Gasteiger partial charge in [0.1, 0.15) is 18.8 Å². The second kappa shape index (κ2) is 51.4. The fourth-order valence-electron chi connectivity index (χ4n) is 9.24. The van der Waals surface area contributed by atoms with Crippen LogP contribution in [0.4, 0.5) is 0 Å². The third-order valence-corrected chi connectivity index (χ3v) is 13.9. The van der Waals surface area contributed by atoms with Crippen LogP contribution in [-0.2, 0) is 42.9 Å². The fraction of sp³-hybridized carbons (Fsp3) is 0.810. The van der Waals surface area contributed by atoms with Gasteiger partial charge in [-0.15, -0.1) is 0 Å². The van der Waals surface area contributed by atoms with E-state index >= 15 is 0 Å². The second-order valence-electron chi connectivity index (χ2n) is 21.0. The molecule has 6 unspecified atom stereocenters. The molecule has 0 amide bonds. The summed E-state index contributed by atoms with van der Waals surface area (Å²) in [5.74, 6) is -3.11. The van der Waals surface area contributed by atoms with Crippen LogP contribution >= 0.6 is 0 Å². The minimum Gasteiger partial charge on any atom is -0.479 e. The Kier molecular flexibility index (Phi) is 47.8. The molecule has 12 nitrogen and oxygen atoms in total. The lowest BCUT2D eigenvalue weighted by Gasteiger charge is -2.40. The van der Waals surface area contributed by atoms with E-state index in [1.807, 2.05) is 0 Å². The first-order valence-electron chi connectivity index (χ1n) is 30.6. The first kappa shape index (κ1) is 69.7. The smallest absolute Gasteiger partial charge is 0.335 e. The first-order valence-corrected chi connectivity index (χ1v) is 30.6. The van der Waals surface area contributed by atoms with Crippen molar-refractivity contribution in [2.75, 3.05) is 13.2 Å². The molecule has 0 radical (unpaired) electrons. The summed E-state index contributed by atoms with van der Waals surface area (Å²) in [5, 5.41) is 31.5. The first-order chi connectivity index (χ1) is 36.6. The molecule has 0 aromatic heterocycles. The van der Waals surface area contributed by atoms with E-state index in [1.54, 1.807) is 0 Å². The van der Waals surface area contributed by atoms with Crippen LogP contribution in [0.2, 0.25) is 0 Å². The average molecular weight is 1060 g/mol. The SMILES string of the molecule is CC/C=C\C/C=C\C/C=C\C/C=C\CCCCCCCCC(=O)OC1C(OCC(COC(=O)CCCCCCCCCCCCCCC)OC(=O)CCCCCCCCCCCCCCC)OC(C(=O)O)C(O)C1O. The number of unbranched alkanes of at least 4 members (excludes halogenated alkanes) is 30. The summed E-state index contributed by atoms with van der Waals surface area (Å²) < 4.78 is 28.5. The summed E-state index contributed by atoms with van der Waals surface area (Å²) in [6.45, 7) is 5.90. The number of ether oxygens (including phenoxy) is 5. The van der Waals surface area contributed by atoms with Gasteiger partial charge in [-0.1, -0.05) is 249 Å². The molecule has 12 heteroatoms. The van der Waals surface area contributed by atoms with E-state index in [9.17, 15) is 34.5 Å². The topological polar surface area (TPSA) is 175 Å². The van der Waals surface area contributed by atoms with Gasteiger partial charge in [-0.25, -0.2) is 4.79 Å². The number of allylic oxidation sites excluding steroid dienone is 8. The maximum Gasteiger partial charge on any atom is 0.335 e. The Morgan fingerprint density at radius 1 is 0.453 bits per heavy atom. The van der Waals surface area contributed by atoms with Crippen LogP contribution in [0.5, 0.6) is 0 Å². The zero-order valence-corrected chi connectivity index (χ0v) is 47.8. The van der Waals surface area contributed by atoms with Crippen LogP contribution < -0.4 is 0 Å². The van der Waals surface area contributed by atoms with Gasteiger partial charge in [0.15, 0.2) is 24.6 Å². The number of carbonyl (C=O) groups is 4. The Hall–Kier alpha value is -3.32. The molecule has 1 fully saturated rings. The molecular weight excluding hydrogens is 949 g/mol. The van der Waals surface area contributed by atoms with E-state index in [4.69, 9.17) is 23.7 Å². The predicted octanol–water partition coefficient (Wildman–Crippen LogP) is 15.8. The second-order valence-corrected chi connectivity index (χ2v) is 21.0. The maximum atomic E-state index is 13.1. The lowest BCUT2D eigenvalue weighted by molar-refractivity contribution is -0.301. The molecule has 0 aliphatic carbocycles. The van der Waals surface area contributed by atoms with E-state index < -0.39 is 67.3 Å². The Morgan fingerprint density at radius 3 is 1.28 bits per heavy atom. The lowest BCUT2D eigenvalue weighted by atomic mass is 9.98. The number of aliphatic carboxylic acids is 1. The number of hydrogen-bond acceptors (Lipinski definition) is 11. The number of aliphatic hydroxyl groups excluding tert-OH is 2. The van der Waals surface area contributed by atoms with Crippen LogP contribution in [0.1, 0.15) is 278 Å². The van der Waals surface area contributed by atoms with Gasteiger partial charge in [-0.2, -0.15) is 0 Å². The zero-order valence-electron chi connectivity index (χ0n) is 47.8. The fourth-order valence-corrected chi connectivity index (χ4v) is 9.24. The molecule has 3 N–H and O–H groups in total. The van der Waals surface area contributed by atoms with Crippen molar-refractivity contribution >= 4 is 23.9 Å². The Balaban J connectivity index is 2.66. The van der Waals surface area contributed by atoms with Gasteiger partial charge in [0.25, 0.3) is 0 Å². The molecule has 1 saturated heterocycles. The molecule has 0 spiro atoms. The number of carboxylic acids is 1. The largest absolute Gasteiger partial charge is 0.479 e. The van der Waals surface area contributed by atoms with Gasteiger partial charge in [-0.05, 0) is 57.8 Å². The number of aliphatic hydroxyl groups is 2. The van der Waals surface area contributed by atoms with Crippen molar-refractivity contribution in [3.8, 4) is 0 Å². The quantitative estimate of drug-likeness (QED) is 0.0228. The van der Waals surface area contributed by atoms with E-state index in [1.165, 1.54) is 116 Å². The number of esters is 3. The molecule has 0 aromatic rings. The van der Waals surface area contributed by atoms with Gasteiger partial charge >= 0.3 is 23.9 Å². The summed E-state index contributed by atoms with van der Waals surface area (Å²) in [7, 11) is 0. The number of carboxylic acid groups (broad SMARTS) is 1. The van der Waals surface area contributed by atoms with Crippen molar-refractivity contribution in [1.29, 1.82) is 0 Å². The minimum absolute atomic E-state index is 0.0466. The molecule has 1 aliphatic rings. The third-order valence-electron chi connectivity index (χ3n) is 13.9. The zero-order chi connectivity index (χ0) is 54.7. The van der Waals surface area contributed by atoms with Gasteiger partial charge in [-0.3, -0.25) is 14.4 Å². The van der Waals surface area contributed by atoms with Crippen LogP contribution in [-0.4, -0.2) is 89.2 Å². The summed E-state index contributed by atoms with van der Waals surface area (Å²) in [6.07, 6.45) is 49.3. The molecule has 0 bridgehead atoms. The summed E-state index contributed by atoms with van der Waals surface area (Å²) in [4.78, 5) is 51.1. The van der Waals surface area contributed by atoms with Gasteiger partial charge in [0.2, 0.25) is 0 Å². The molecule has 75 heavy (non-hydrogen) atoms. The van der Waals surface area contributed by atoms with Crippen LogP contribution in [0.15, 0.2) is 48.6 Å². The standard InChI is InChI=1S/C63H110O12/c1-4-7-10-13-16-19-22-25-26-27-28-29-30-33-36-39-42-45-48-51-57(66)74-61-59(68)58(67)60(62(69)70)75-63(61)72-53-54(73-56(65)50-47-44-41-38-35-32-24-21-18-15-12-9-6-3)52-71-55(64)49-46-43-40-37-34-31-23-20-17-14-11-8-5-2/h7,10,16,19,25-26,28-29,54,58-61,63,67-68H,4-6,8-9,11-15,17-18,20-24,27,30-53H2,1-3H3,(H,69,70)/b10-7-,19-16-,26-25-,29-28-. The van der Waals surface area contributed by atoms with Crippen molar-refractivity contribution in [2.45, 2.75) is 314 Å². The number of carbonyl (C=O) groups excluding carboxylic acids is 3. The average Bonchev–Trinajstić information content (AvgIpc) is 3.39. The normalized spacial score (nSPS) is 18.4. The Labute approximate surface area is 456 Å². The van der Waals surface area contributed by atoms with E-state index in [2.05, 4.69) is 69.4 Å². The van der Waals surface area contributed by atoms with Crippen molar-refractivity contribution in [2.24, 2.45) is 0 Å². The highest BCUT2D eigenvalue weighted by molar-refractivity contribution is 5.74. The van der Waals surface area contributed by atoms with Crippen molar-refractivity contribution in [1.82, 2.24) is 0 Å². The molecule has 434 valence electrons. The minimum atomic E-state index is -1.91. The molecule has 6 atom stereocenters. The molecule has 0 saturated carbocycles. The van der Waals surface area contributed by atoms with Crippen molar-refractivity contribution < 1.29 is 58.2 Å². The lowest BCUT2D eigenvalue weighted by Crippen LogP contribution is -2.61. The van der Waals surface area contributed by atoms with Crippen LogP contribution in [0.3, 0.4) is 0 Å². The van der Waals surface area contributed by atoms with E-state index in [0.717, 1.165) is 103 Å². The molecule has 1 heterocycles. The van der Waals surface area contributed by atoms with Gasteiger partial charge in [0.05, 0.1) is 6.61 Å². The summed E-state index contributed by atoms with van der Waals surface area (Å²) in [5.41, 5.74) is 0. The molecular formula is C63H110O12. The van der Waals surface area contributed by atoms with Crippen molar-refractivity contribution in [3.05, 3.63) is 48.6 Å². The summed E-state index contributed by atoms with van der Waals surface area (Å²) >= 11 is 0. The summed E-state index contributed by atoms with van der Waals surface area (Å²) in [6, 6.07) is 0. The van der Waals surface area contributed by atoms with Gasteiger partial charge in [0, 0.05) is 19.3 Å². The van der Waals surface area contributed by atoms with Crippen LogP contribution in [0, 0.1) is 0 Å². The highest BCUT2D eigenvalue weighted by atomic mass is 16.7. The Bertz CT molecular complexity index is 1490. The maximum absolute atomic E-state index is 13.1. The number of hydrogen-bond donors (Lipinski definition) is 3. The monoisotopic (exact) mass is 1060 g/mol. The van der Waals surface area contributed by atoms with Crippen LogP contribution in [0.25, 0.3) is 0 Å². The third kappa shape index (κ3) is 41.5. The molecule has 0 aromatic carbocycles. The van der Waals surface area contributed by atoms with E-state index in [0.29, 0.717) is 19.3 Å².